The lowest BCUT2D eigenvalue weighted by molar-refractivity contribution is -0.147. The van der Waals surface area contributed by atoms with Gasteiger partial charge in [0.15, 0.2) is 0 Å². The summed E-state index contributed by atoms with van der Waals surface area (Å²) in [7, 11) is 0. The first-order valence-electron chi connectivity index (χ1n) is 10.1. The highest BCUT2D eigenvalue weighted by molar-refractivity contribution is 5.76. The molecule has 0 atom stereocenters. The van der Waals surface area contributed by atoms with Crippen LogP contribution in [0.15, 0.2) is 42.5 Å². The number of piperidine rings is 1. The highest BCUT2D eigenvalue weighted by Crippen LogP contribution is 2.33. The maximum atomic E-state index is 13.5. The number of para-hydroxylation sites is 2. The number of likely N-dealkylation sites (tertiary alicyclic amines) is 1. The highest BCUT2D eigenvalue weighted by atomic mass is 19.4. The van der Waals surface area contributed by atoms with Gasteiger partial charge in [0.05, 0.1) is 11.0 Å². The fourth-order valence-electron chi connectivity index (χ4n) is 4.27. The van der Waals surface area contributed by atoms with Crippen molar-refractivity contribution in [3.63, 3.8) is 0 Å². The van der Waals surface area contributed by atoms with Gasteiger partial charge >= 0.3 is 6.18 Å². The Hall–Kier alpha value is -2.34. The molecular formula is C23H26F3N3. The molecule has 1 saturated heterocycles. The number of fused-ring (bicyclic) bond motifs is 1. The zero-order valence-electron chi connectivity index (χ0n) is 16.8. The molecule has 4 rings (SSSR count). The Morgan fingerprint density at radius 3 is 2.48 bits per heavy atom. The predicted octanol–water partition coefficient (Wildman–Crippen LogP) is 5.58. The molecule has 0 N–H and O–H groups in total. The van der Waals surface area contributed by atoms with Crippen LogP contribution in [0.4, 0.5) is 13.2 Å². The maximum absolute atomic E-state index is 13.5. The van der Waals surface area contributed by atoms with E-state index in [0.29, 0.717) is 17.6 Å². The van der Waals surface area contributed by atoms with Crippen LogP contribution in [0.1, 0.15) is 35.4 Å². The molecule has 154 valence electrons. The second kappa shape index (κ2) is 7.82. The van der Waals surface area contributed by atoms with Crippen molar-refractivity contribution >= 4 is 11.0 Å². The molecule has 0 aliphatic carbocycles. The minimum Gasteiger partial charge on any atom is -0.320 e. The lowest BCUT2D eigenvalue weighted by Crippen LogP contribution is -2.35. The largest absolute Gasteiger partial charge is 0.449 e. The van der Waals surface area contributed by atoms with Crippen molar-refractivity contribution < 1.29 is 13.2 Å². The van der Waals surface area contributed by atoms with E-state index in [9.17, 15) is 13.2 Å². The van der Waals surface area contributed by atoms with E-state index < -0.39 is 12.0 Å². The summed E-state index contributed by atoms with van der Waals surface area (Å²) in [6.45, 7) is 7.32. The van der Waals surface area contributed by atoms with Crippen LogP contribution in [0, 0.1) is 19.8 Å². The van der Waals surface area contributed by atoms with Crippen molar-refractivity contribution in [2.45, 2.75) is 46.0 Å². The Morgan fingerprint density at radius 1 is 1.03 bits per heavy atom. The number of hydrogen-bond acceptors (Lipinski definition) is 2. The van der Waals surface area contributed by atoms with Crippen LogP contribution in [-0.4, -0.2) is 27.5 Å². The fourth-order valence-corrected chi connectivity index (χ4v) is 4.27. The minimum atomic E-state index is -4.44. The second-order valence-electron chi connectivity index (χ2n) is 8.18. The van der Waals surface area contributed by atoms with Gasteiger partial charge in [-0.25, -0.2) is 4.98 Å². The van der Waals surface area contributed by atoms with Gasteiger partial charge in [-0.2, -0.15) is 13.2 Å². The summed E-state index contributed by atoms with van der Waals surface area (Å²) in [5.74, 6) is -0.555. The van der Waals surface area contributed by atoms with Crippen molar-refractivity contribution in [2.24, 2.45) is 5.92 Å². The van der Waals surface area contributed by atoms with Gasteiger partial charge in [0.2, 0.25) is 5.82 Å². The van der Waals surface area contributed by atoms with Gasteiger partial charge in [0.25, 0.3) is 0 Å². The summed E-state index contributed by atoms with van der Waals surface area (Å²) in [6.07, 6.45) is -2.65. The van der Waals surface area contributed by atoms with Crippen LogP contribution < -0.4 is 0 Å². The Balaban J connectivity index is 1.46. The van der Waals surface area contributed by atoms with E-state index in [4.69, 9.17) is 0 Å². The van der Waals surface area contributed by atoms with Crippen molar-refractivity contribution in [3.05, 3.63) is 65.0 Å². The molecule has 0 saturated carbocycles. The summed E-state index contributed by atoms with van der Waals surface area (Å²) in [5.41, 5.74) is 4.86. The third kappa shape index (κ3) is 4.32. The van der Waals surface area contributed by atoms with Crippen molar-refractivity contribution in [1.82, 2.24) is 14.5 Å². The average molecular weight is 401 g/mol. The molecular weight excluding hydrogens is 375 g/mol. The predicted molar refractivity (Wildman–Crippen MR) is 109 cm³/mol. The number of alkyl halides is 3. The molecule has 1 fully saturated rings. The van der Waals surface area contributed by atoms with Crippen LogP contribution >= 0.6 is 0 Å². The summed E-state index contributed by atoms with van der Waals surface area (Å²) < 4.78 is 41.9. The Kier molecular flexibility index (Phi) is 5.38. The standard InChI is InChI=1S/C23H26F3N3/c1-16-7-8-17(2)19(13-16)15-28-11-9-18(10-12-28)14-29-21-6-4-3-5-20(21)27-22(29)23(24,25)26/h3-8,13,18H,9-12,14-15H2,1-2H3. The third-order valence-corrected chi connectivity index (χ3v) is 5.95. The molecule has 3 nitrogen and oxygen atoms in total. The number of nitrogens with zero attached hydrogens (tertiary/aromatic N) is 3. The van der Waals surface area contributed by atoms with Crippen LogP contribution in [0.2, 0.25) is 0 Å². The third-order valence-electron chi connectivity index (χ3n) is 5.95. The maximum Gasteiger partial charge on any atom is 0.449 e. The minimum absolute atomic E-state index is 0.226. The average Bonchev–Trinajstić information content (AvgIpc) is 3.05. The van der Waals surface area contributed by atoms with Gasteiger partial charge in [-0.05, 0) is 69.0 Å². The molecule has 29 heavy (non-hydrogen) atoms. The smallest absolute Gasteiger partial charge is 0.320 e. The summed E-state index contributed by atoms with van der Waals surface area (Å²) in [5, 5.41) is 0. The van der Waals surface area contributed by atoms with Gasteiger partial charge in [-0.15, -0.1) is 0 Å². The number of hydrogen-bond donors (Lipinski definition) is 0. The molecule has 0 radical (unpaired) electrons. The van der Waals surface area contributed by atoms with E-state index in [2.05, 4.69) is 41.9 Å². The quantitative estimate of drug-likeness (QED) is 0.569. The normalized spacial score (nSPS) is 16.6. The first kappa shape index (κ1) is 20.0. The number of rotatable bonds is 4. The Morgan fingerprint density at radius 2 is 1.76 bits per heavy atom. The zero-order chi connectivity index (χ0) is 20.6. The molecule has 6 heteroatoms. The number of benzene rings is 2. The van der Waals surface area contributed by atoms with Gasteiger partial charge in [0.1, 0.15) is 0 Å². The van der Waals surface area contributed by atoms with Gasteiger partial charge in [-0.3, -0.25) is 4.90 Å². The Bertz CT molecular complexity index is 998. The lowest BCUT2D eigenvalue weighted by atomic mass is 9.95. The van der Waals surface area contributed by atoms with Crippen molar-refractivity contribution in [2.75, 3.05) is 13.1 Å². The first-order chi connectivity index (χ1) is 13.8. The molecule has 1 aromatic heterocycles. The SMILES string of the molecule is Cc1ccc(C)c(CN2CCC(Cn3c(C(F)(F)F)nc4ccccc43)CC2)c1. The van der Waals surface area contributed by atoms with Crippen molar-refractivity contribution in [3.8, 4) is 0 Å². The Labute approximate surface area is 169 Å². The van der Waals surface area contributed by atoms with Crippen LogP contribution in [-0.2, 0) is 19.3 Å². The molecule has 2 heterocycles. The number of aromatic nitrogens is 2. The van der Waals surface area contributed by atoms with Crippen LogP contribution in [0.3, 0.4) is 0 Å². The number of aryl methyl sites for hydroxylation is 2. The van der Waals surface area contributed by atoms with Gasteiger partial charge in [0, 0.05) is 13.1 Å². The first-order valence-corrected chi connectivity index (χ1v) is 10.1. The fraction of sp³-hybridized carbons (Fsp3) is 0.435. The summed E-state index contributed by atoms with van der Waals surface area (Å²) in [6, 6.07) is 13.4. The number of halogens is 3. The van der Waals surface area contributed by atoms with Gasteiger partial charge in [-0.1, -0.05) is 35.9 Å². The summed E-state index contributed by atoms with van der Waals surface area (Å²) in [4.78, 5) is 6.28. The topological polar surface area (TPSA) is 21.1 Å². The van der Waals surface area contributed by atoms with E-state index in [0.717, 1.165) is 32.5 Å². The van der Waals surface area contributed by atoms with E-state index >= 15 is 0 Å². The zero-order valence-corrected chi connectivity index (χ0v) is 16.8. The van der Waals surface area contributed by atoms with E-state index in [1.54, 1.807) is 24.3 Å². The second-order valence-corrected chi connectivity index (χ2v) is 8.18. The molecule has 1 aliphatic rings. The molecule has 1 aliphatic heterocycles. The van der Waals surface area contributed by atoms with Gasteiger partial charge < -0.3 is 4.57 Å². The lowest BCUT2D eigenvalue weighted by Gasteiger charge is -2.33. The molecule has 2 aromatic carbocycles. The van der Waals surface area contributed by atoms with E-state index in [-0.39, 0.29) is 5.92 Å². The molecule has 0 amide bonds. The summed E-state index contributed by atoms with van der Waals surface area (Å²) >= 11 is 0. The molecule has 0 bridgehead atoms. The van der Waals surface area contributed by atoms with Crippen molar-refractivity contribution in [1.29, 1.82) is 0 Å². The highest BCUT2D eigenvalue weighted by Gasteiger charge is 2.38. The van der Waals surface area contributed by atoms with Crippen LogP contribution in [0.25, 0.3) is 11.0 Å². The molecule has 0 unspecified atom stereocenters. The van der Waals surface area contributed by atoms with E-state index in [1.807, 2.05) is 0 Å². The number of imidazole rings is 1. The van der Waals surface area contributed by atoms with Crippen LogP contribution in [0.5, 0.6) is 0 Å². The molecule has 3 aromatic rings. The molecule has 0 spiro atoms. The monoisotopic (exact) mass is 401 g/mol. The van der Waals surface area contributed by atoms with E-state index in [1.165, 1.54) is 21.3 Å².